The Kier molecular flexibility index (Phi) is 6.63. The summed E-state index contributed by atoms with van der Waals surface area (Å²) < 4.78 is 16.1. The van der Waals surface area contributed by atoms with E-state index in [1.54, 1.807) is 49.6 Å². The average Bonchev–Trinajstić information content (AvgIpc) is 3.07. The number of nitrogens with one attached hydrogen (secondary N) is 2. The number of methoxy groups -OCH3 is 3. The molecule has 2 N–H and O–H groups in total. The van der Waals surface area contributed by atoms with Crippen LogP contribution in [0.3, 0.4) is 0 Å². The number of thioether (sulfide) groups is 1. The zero-order valence-corrected chi connectivity index (χ0v) is 17.8. The maximum absolute atomic E-state index is 12.4. The van der Waals surface area contributed by atoms with Crippen molar-refractivity contribution < 1.29 is 23.8 Å². The number of carbonyl (C=O) groups is 2. The lowest BCUT2D eigenvalue weighted by atomic mass is 10.1. The van der Waals surface area contributed by atoms with Gasteiger partial charge in [0.2, 0.25) is 11.7 Å². The lowest BCUT2D eigenvalue weighted by molar-refractivity contribution is -0.115. The van der Waals surface area contributed by atoms with Crippen LogP contribution >= 0.6 is 11.8 Å². The summed E-state index contributed by atoms with van der Waals surface area (Å²) >= 11 is 1.22. The van der Waals surface area contributed by atoms with Gasteiger partial charge in [-0.05, 0) is 54.2 Å². The summed E-state index contributed by atoms with van der Waals surface area (Å²) in [6, 6.07) is 10.5. The summed E-state index contributed by atoms with van der Waals surface area (Å²) in [4.78, 5) is 28.4. The second kappa shape index (κ2) is 9.36. The number of hydrogen-bond donors (Lipinski definition) is 2. The Morgan fingerprint density at radius 3 is 2.33 bits per heavy atom. The Morgan fingerprint density at radius 2 is 1.73 bits per heavy atom. The highest BCUT2D eigenvalue weighted by Gasteiger charge is 2.25. The van der Waals surface area contributed by atoms with Crippen molar-refractivity contribution in [3.05, 3.63) is 46.9 Å². The molecular weight excluding hydrogens is 406 g/mol. The summed E-state index contributed by atoms with van der Waals surface area (Å²) in [6.07, 6.45) is 1.71. The summed E-state index contributed by atoms with van der Waals surface area (Å²) in [5.41, 5.74) is 2.00. The molecule has 0 aliphatic carbocycles. The summed E-state index contributed by atoms with van der Waals surface area (Å²) in [5.74, 6) is 1.05. The molecule has 1 aliphatic rings. The van der Waals surface area contributed by atoms with Crippen LogP contribution in [0.15, 0.2) is 46.3 Å². The van der Waals surface area contributed by atoms with Crippen LogP contribution in [0.5, 0.6) is 17.2 Å². The van der Waals surface area contributed by atoms with Gasteiger partial charge in [-0.1, -0.05) is 0 Å². The SMILES string of the molecule is COc1ccc(/C=C2\SC(=Nc3ccc(NC(C)=O)cc3)NC2=O)c(OC)c1OC. The maximum Gasteiger partial charge on any atom is 0.264 e. The molecule has 0 unspecified atom stereocenters. The predicted molar refractivity (Wildman–Crippen MR) is 118 cm³/mol. The van der Waals surface area contributed by atoms with Crippen LogP contribution in [0.1, 0.15) is 12.5 Å². The molecule has 2 aromatic rings. The van der Waals surface area contributed by atoms with E-state index in [1.165, 1.54) is 32.9 Å². The maximum atomic E-state index is 12.4. The van der Waals surface area contributed by atoms with Gasteiger partial charge in [0.25, 0.3) is 5.91 Å². The van der Waals surface area contributed by atoms with Gasteiger partial charge >= 0.3 is 0 Å². The minimum Gasteiger partial charge on any atom is -0.493 e. The fourth-order valence-corrected chi connectivity index (χ4v) is 3.63. The Bertz CT molecular complexity index is 1030. The molecule has 1 aliphatic heterocycles. The van der Waals surface area contributed by atoms with Crippen LogP contribution in [0.2, 0.25) is 0 Å². The summed E-state index contributed by atoms with van der Waals surface area (Å²) in [6.45, 7) is 1.44. The van der Waals surface area contributed by atoms with E-state index in [-0.39, 0.29) is 11.8 Å². The number of anilines is 1. The monoisotopic (exact) mass is 427 g/mol. The van der Waals surface area contributed by atoms with Crippen molar-refractivity contribution >= 4 is 46.2 Å². The van der Waals surface area contributed by atoms with Gasteiger partial charge in [0.05, 0.1) is 31.9 Å². The van der Waals surface area contributed by atoms with Gasteiger partial charge in [-0.15, -0.1) is 0 Å². The van der Waals surface area contributed by atoms with Crippen LogP contribution in [0, 0.1) is 0 Å². The third-order valence-electron chi connectivity index (χ3n) is 4.09. The molecular formula is C21H21N3O5S. The van der Waals surface area contributed by atoms with Crippen LogP contribution < -0.4 is 24.8 Å². The van der Waals surface area contributed by atoms with E-state index in [1.807, 2.05) is 0 Å². The number of carbonyl (C=O) groups excluding carboxylic acids is 2. The van der Waals surface area contributed by atoms with Gasteiger partial charge < -0.3 is 24.8 Å². The molecule has 0 bridgehead atoms. The molecule has 2 amide bonds. The molecule has 3 rings (SSSR count). The minimum absolute atomic E-state index is 0.145. The number of amides is 2. The van der Waals surface area contributed by atoms with E-state index in [0.29, 0.717) is 44.3 Å². The Balaban J connectivity index is 1.84. The number of hydrogen-bond acceptors (Lipinski definition) is 7. The molecule has 156 valence electrons. The first kappa shape index (κ1) is 21.3. The lowest BCUT2D eigenvalue weighted by Gasteiger charge is -2.14. The molecule has 1 heterocycles. The lowest BCUT2D eigenvalue weighted by Crippen LogP contribution is -2.19. The summed E-state index contributed by atoms with van der Waals surface area (Å²) in [5, 5.41) is 5.90. The largest absolute Gasteiger partial charge is 0.493 e. The van der Waals surface area contributed by atoms with Crippen LogP contribution in [-0.2, 0) is 9.59 Å². The standard InChI is InChI=1S/C21H21N3O5S/c1-12(25)22-14-6-8-15(9-7-14)23-21-24-20(26)17(30-21)11-13-5-10-16(27-2)19(29-4)18(13)28-3/h5-11H,1-4H3,(H,22,25)(H,23,24,26)/b17-11-. The topological polar surface area (TPSA) is 98.2 Å². The smallest absolute Gasteiger partial charge is 0.264 e. The molecule has 0 spiro atoms. The molecule has 1 fully saturated rings. The van der Waals surface area contributed by atoms with E-state index in [4.69, 9.17) is 14.2 Å². The first-order valence-corrected chi connectivity index (χ1v) is 9.73. The third-order valence-corrected chi connectivity index (χ3v) is 5.00. The van der Waals surface area contributed by atoms with Crippen molar-refractivity contribution in [3.63, 3.8) is 0 Å². The van der Waals surface area contributed by atoms with Crippen molar-refractivity contribution in [1.82, 2.24) is 5.32 Å². The fraction of sp³-hybridized carbons (Fsp3) is 0.190. The van der Waals surface area contributed by atoms with Crippen molar-refractivity contribution in [1.29, 1.82) is 0 Å². The van der Waals surface area contributed by atoms with E-state index in [9.17, 15) is 9.59 Å². The Labute approximate surface area is 178 Å². The first-order valence-electron chi connectivity index (χ1n) is 8.91. The average molecular weight is 427 g/mol. The van der Waals surface area contributed by atoms with Gasteiger partial charge in [-0.2, -0.15) is 0 Å². The first-order chi connectivity index (χ1) is 14.4. The Hall–Kier alpha value is -3.46. The van der Waals surface area contributed by atoms with E-state index in [2.05, 4.69) is 15.6 Å². The predicted octanol–water partition coefficient (Wildman–Crippen LogP) is 3.56. The van der Waals surface area contributed by atoms with Crippen LogP contribution in [-0.4, -0.2) is 38.3 Å². The molecule has 9 heteroatoms. The molecule has 1 saturated heterocycles. The number of benzene rings is 2. The van der Waals surface area contributed by atoms with E-state index in [0.717, 1.165) is 0 Å². The number of nitrogens with zero attached hydrogens (tertiary/aromatic N) is 1. The zero-order chi connectivity index (χ0) is 21.7. The van der Waals surface area contributed by atoms with Crippen molar-refractivity contribution in [3.8, 4) is 17.2 Å². The number of rotatable bonds is 6. The normalized spacial score (nSPS) is 15.8. The third kappa shape index (κ3) is 4.74. The van der Waals surface area contributed by atoms with Gasteiger partial charge in [0.1, 0.15) is 0 Å². The molecule has 0 atom stereocenters. The highest BCUT2D eigenvalue weighted by molar-refractivity contribution is 8.18. The summed E-state index contributed by atoms with van der Waals surface area (Å²) in [7, 11) is 4.59. The van der Waals surface area contributed by atoms with Crippen molar-refractivity contribution in [2.45, 2.75) is 6.92 Å². The highest BCUT2D eigenvalue weighted by atomic mass is 32.2. The number of ether oxygens (including phenoxy) is 3. The highest BCUT2D eigenvalue weighted by Crippen LogP contribution is 2.41. The van der Waals surface area contributed by atoms with E-state index >= 15 is 0 Å². The quantitative estimate of drug-likeness (QED) is 0.684. The number of amidine groups is 1. The van der Waals surface area contributed by atoms with Gasteiger partial charge in [-0.3, -0.25) is 9.59 Å². The zero-order valence-electron chi connectivity index (χ0n) is 16.9. The second-order valence-electron chi connectivity index (χ2n) is 6.13. The molecule has 0 aromatic heterocycles. The van der Waals surface area contributed by atoms with E-state index < -0.39 is 0 Å². The van der Waals surface area contributed by atoms with Crippen molar-refractivity contribution in [2.24, 2.45) is 4.99 Å². The van der Waals surface area contributed by atoms with Crippen LogP contribution in [0.4, 0.5) is 11.4 Å². The number of aliphatic imine (C=N–C) groups is 1. The molecule has 30 heavy (non-hydrogen) atoms. The molecule has 2 aromatic carbocycles. The van der Waals surface area contributed by atoms with Gasteiger partial charge in [0, 0.05) is 18.2 Å². The molecule has 0 saturated carbocycles. The fourth-order valence-electron chi connectivity index (χ4n) is 2.80. The van der Waals surface area contributed by atoms with Crippen LogP contribution in [0.25, 0.3) is 6.08 Å². The van der Waals surface area contributed by atoms with Gasteiger partial charge in [0.15, 0.2) is 16.7 Å². The minimum atomic E-state index is -0.259. The molecule has 0 radical (unpaired) electrons. The van der Waals surface area contributed by atoms with Gasteiger partial charge in [-0.25, -0.2) is 4.99 Å². The Morgan fingerprint density at radius 1 is 1.03 bits per heavy atom. The second-order valence-corrected chi connectivity index (χ2v) is 7.16. The molecule has 8 nitrogen and oxygen atoms in total. The van der Waals surface area contributed by atoms with Crippen molar-refractivity contribution in [2.75, 3.05) is 26.6 Å².